The molecule has 2 rings (SSSR count). The van der Waals surface area contributed by atoms with E-state index in [1.807, 2.05) is 20.8 Å². The Balaban J connectivity index is 2.14. The molecule has 0 saturated carbocycles. The maximum absolute atomic E-state index is 12.2. The Morgan fingerprint density at radius 1 is 1.41 bits per heavy atom. The highest BCUT2D eigenvalue weighted by Crippen LogP contribution is 2.29. The first-order valence-corrected chi connectivity index (χ1v) is 7.42. The molecule has 1 aromatic rings. The van der Waals surface area contributed by atoms with Crippen LogP contribution in [0, 0.1) is 0 Å². The quantitative estimate of drug-likeness (QED) is 0.905. The first-order chi connectivity index (χ1) is 10.2. The van der Waals surface area contributed by atoms with Crippen LogP contribution in [0.5, 0.6) is 0 Å². The molecule has 1 atom stereocenters. The van der Waals surface area contributed by atoms with Crippen molar-refractivity contribution in [2.45, 2.75) is 45.1 Å². The molecule has 0 aliphatic carbocycles. The summed E-state index contributed by atoms with van der Waals surface area (Å²) in [5.41, 5.74) is 0.211. The molecule has 22 heavy (non-hydrogen) atoms. The van der Waals surface area contributed by atoms with Crippen molar-refractivity contribution in [3.63, 3.8) is 0 Å². The third-order valence-electron chi connectivity index (χ3n) is 3.55. The molecule has 1 saturated heterocycles. The normalized spacial score (nSPS) is 19.1. The van der Waals surface area contributed by atoms with Crippen molar-refractivity contribution in [3.05, 3.63) is 17.5 Å². The third kappa shape index (κ3) is 3.78. The van der Waals surface area contributed by atoms with E-state index in [0.717, 1.165) is 12.8 Å². The summed E-state index contributed by atoms with van der Waals surface area (Å²) < 4.78 is 6.89. The first kappa shape index (κ1) is 16.3. The molecular weight excluding hydrogens is 286 g/mol. The number of aromatic nitrogens is 2. The van der Waals surface area contributed by atoms with Crippen LogP contribution in [0.25, 0.3) is 0 Å². The van der Waals surface area contributed by atoms with Crippen LogP contribution in [0.2, 0.25) is 0 Å². The summed E-state index contributed by atoms with van der Waals surface area (Å²) in [5, 5.41) is 13.6. The third-order valence-corrected chi connectivity index (χ3v) is 3.55. The predicted octanol–water partition coefficient (Wildman–Crippen LogP) is 2.23. The molecule has 1 unspecified atom stereocenters. The van der Waals surface area contributed by atoms with Crippen LogP contribution in [-0.2, 0) is 11.8 Å². The number of carbonyl (C=O) groups is 2. The van der Waals surface area contributed by atoms with Crippen LogP contribution >= 0.6 is 0 Å². The fourth-order valence-corrected chi connectivity index (χ4v) is 2.66. The number of nitrogens with zero attached hydrogens (tertiary/aromatic N) is 3. The van der Waals surface area contributed by atoms with Crippen molar-refractivity contribution in [1.29, 1.82) is 0 Å². The van der Waals surface area contributed by atoms with Gasteiger partial charge in [-0.05, 0) is 33.6 Å². The van der Waals surface area contributed by atoms with Gasteiger partial charge >= 0.3 is 12.1 Å². The van der Waals surface area contributed by atoms with Gasteiger partial charge in [-0.25, -0.2) is 9.59 Å². The molecule has 2 heterocycles. The largest absolute Gasteiger partial charge is 0.478 e. The second-order valence-corrected chi connectivity index (χ2v) is 6.67. The lowest BCUT2D eigenvalue weighted by molar-refractivity contribution is 0.0197. The lowest BCUT2D eigenvalue weighted by atomic mass is 9.93. The Bertz CT molecular complexity index is 574. The predicted molar refractivity (Wildman–Crippen MR) is 79.9 cm³/mol. The summed E-state index contributed by atoms with van der Waals surface area (Å²) in [4.78, 5) is 25.1. The summed E-state index contributed by atoms with van der Waals surface area (Å²) in [6.07, 6.45) is 2.77. The first-order valence-electron chi connectivity index (χ1n) is 7.42. The van der Waals surface area contributed by atoms with Gasteiger partial charge in [0.15, 0.2) is 0 Å². The number of hydrogen-bond donors (Lipinski definition) is 1. The monoisotopic (exact) mass is 309 g/mol. The molecule has 0 aromatic carbocycles. The number of piperidine rings is 1. The minimum atomic E-state index is -0.988. The summed E-state index contributed by atoms with van der Waals surface area (Å²) in [5.74, 6) is -1.06. The van der Waals surface area contributed by atoms with Gasteiger partial charge in [-0.1, -0.05) is 0 Å². The maximum Gasteiger partial charge on any atom is 0.410 e. The van der Waals surface area contributed by atoms with E-state index >= 15 is 0 Å². The second-order valence-electron chi connectivity index (χ2n) is 6.67. The number of carbonyl (C=O) groups excluding carboxylic acids is 1. The van der Waals surface area contributed by atoms with E-state index in [2.05, 4.69) is 5.10 Å². The molecule has 1 N–H and O–H groups in total. The van der Waals surface area contributed by atoms with E-state index in [9.17, 15) is 14.7 Å². The molecule has 1 aromatic heterocycles. The van der Waals surface area contributed by atoms with Crippen LogP contribution < -0.4 is 0 Å². The summed E-state index contributed by atoms with van der Waals surface area (Å²) in [6.45, 7) is 6.54. The van der Waals surface area contributed by atoms with Crippen molar-refractivity contribution in [3.8, 4) is 0 Å². The van der Waals surface area contributed by atoms with Gasteiger partial charge in [-0.15, -0.1) is 0 Å². The number of aryl methyl sites for hydroxylation is 1. The molecule has 1 aliphatic rings. The van der Waals surface area contributed by atoms with Gasteiger partial charge in [-0.2, -0.15) is 5.10 Å². The Labute approximate surface area is 129 Å². The minimum Gasteiger partial charge on any atom is -0.478 e. The van der Waals surface area contributed by atoms with E-state index in [4.69, 9.17) is 4.74 Å². The fraction of sp³-hybridized carbons (Fsp3) is 0.667. The van der Waals surface area contributed by atoms with Gasteiger partial charge in [0.2, 0.25) is 0 Å². The number of likely N-dealkylation sites (tertiary alicyclic amines) is 1. The van der Waals surface area contributed by atoms with Gasteiger partial charge in [0.05, 0.1) is 5.69 Å². The minimum absolute atomic E-state index is 0.0754. The van der Waals surface area contributed by atoms with Crippen LogP contribution in [0.4, 0.5) is 4.79 Å². The zero-order valence-corrected chi connectivity index (χ0v) is 13.5. The lowest BCUT2D eigenvalue weighted by Crippen LogP contribution is -2.42. The molecule has 7 nitrogen and oxygen atoms in total. The summed E-state index contributed by atoms with van der Waals surface area (Å²) in [7, 11) is 1.70. The average molecular weight is 309 g/mol. The maximum atomic E-state index is 12.2. The van der Waals surface area contributed by atoms with Crippen LogP contribution in [0.15, 0.2) is 6.20 Å². The van der Waals surface area contributed by atoms with E-state index in [0.29, 0.717) is 18.8 Å². The Hall–Kier alpha value is -2.05. The zero-order valence-electron chi connectivity index (χ0n) is 13.5. The molecule has 1 fully saturated rings. The number of rotatable bonds is 2. The number of amides is 1. The van der Waals surface area contributed by atoms with E-state index in [1.165, 1.54) is 10.9 Å². The van der Waals surface area contributed by atoms with Crippen LogP contribution in [-0.4, -0.2) is 50.5 Å². The molecule has 0 bridgehead atoms. The topological polar surface area (TPSA) is 84.7 Å². The lowest BCUT2D eigenvalue weighted by Gasteiger charge is -2.33. The molecule has 0 spiro atoms. The van der Waals surface area contributed by atoms with Gasteiger partial charge in [-0.3, -0.25) is 4.68 Å². The van der Waals surface area contributed by atoms with Crippen molar-refractivity contribution < 1.29 is 19.4 Å². The number of ether oxygens (including phenoxy) is 1. The van der Waals surface area contributed by atoms with E-state index in [-0.39, 0.29) is 17.6 Å². The highest BCUT2D eigenvalue weighted by atomic mass is 16.6. The SMILES string of the molecule is Cn1cc(C(=O)O)c(C2CCCN(C(=O)OC(C)(C)C)C2)n1. The molecule has 1 aliphatic heterocycles. The second kappa shape index (κ2) is 5.98. The Morgan fingerprint density at radius 2 is 2.09 bits per heavy atom. The number of carboxylic acid groups (broad SMARTS) is 1. The highest BCUT2D eigenvalue weighted by molar-refractivity contribution is 5.88. The Kier molecular flexibility index (Phi) is 4.44. The molecule has 1 amide bonds. The van der Waals surface area contributed by atoms with Gasteiger partial charge < -0.3 is 14.7 Å². The zero-order chi connectivity index (χ0) is 16.5. The van der Waals surface area contributed by atoms with Crippen molar-refractivity contribution in [1.82, 2.24) is 14.7 Å². The highest BCUT2D eigenvalue weighted by Gasteiger charge is 2.31. The summed E-state index contributed by atoms with van der Waals surface area (Å²) >= 11 is 0. The summed E-state index contributed by atoms with van der Waals surface area (Å²) in [6, 6.07) is 0. The average Bonchev–Trinajstić information content (AvgIpc) is 2.79. The molecular formula is C15H23N3O4. The smallest absolute Gasteiger partial charge is 0.410 e. The van der Waals surface area contributed by atoms with Gasteiger partial charge in [0, 0.05) is 32.3 Å². The molecule has 122 valence electrons. The number of carboxylic acids is 1. The van der Waals surface area contributed by atoms with E-state index in [1.54, 1.807) is 11.9 Å². The van der Waals surface area contributed by atoms with Gasteiger partial charge in [0.1, 0.15) is 11.2 Å². The fourth-order valence-electron chi connectivity index (χ4n) is 2.66. The molecule has 7 heteroatoms. The van der Waals surface area contributed by atoms with Crippen LogP contribution in [0.3, 0.4) is 0 Å². The standard InChI is InChI=1S/C15H23N3O4/c1-15(2,3)22-14(21)18-7-5-6-10(8-18)12-11(13(19)20)9-17(4)16-12/h9-10H,5-8H2,1-4H3,(H,19,20). The molecule has 0 radical (unpaired) electrons. The van der Waals surface area contributed by atoms with E-state index < -0.39 is 11.6 Å². The van der Waals surface area contributed by atoms with Crippen molar-refractivity contribution in [2.75, 3.05) is 13.1 Å². The van der Waals surface area contributed by atoms with Gasteiger partial charge in [0.25, 0.3) is 0 Å². The van der Waals surface area contributed by atoms with Crippen molar-refractivity contribution in [2.24, 2.45) is 7.05 Å². The van der Waals surface area contributed by atoms with Crippen molar-refractivity contribution >= 4 is 12.1 Å². The Morgan fingerprint density at radius 3 is 2.68 bits per heavy atom. The van der Waals surface area contributed by atoms with Crippen LogP contribution in [0.1, 0.15) is 55.6 Å². The number of aromatic carboxylic acids is 1. The number of hydrogen-bond acceptors (Lipinski definition) is 4.